The van der Waals surface area contributed by atoms with Crippen LogP contribution in [0.15, 0.2) is 23.1 Å². The maximum atomic E-state index is 12.2. The molecule has 1 unspecified atom stereocenters. The highest BCUT2D eigenvalue weighted by Crippen LogP contribution is 2.30. The van der Waals surface area contributed by atoms with E-state index in [1.165, 1.54) is 43.4 Å². The lowest BCUT2D eigenvalue weighted by atomic mass is 10.2. The molecule has 5 nitrogen and oxygen atoms in total. The van der Waals surface area contributed by atoms with Gasteiger partial charge in [-0.15, -0.1) is 0 Å². The standard InChI is InChI=1S/C14H23N3O2S2/c1-17(2)21(18,19)13-8-5-7-12(14(13)15)16-10-11-6-3-4-9-20-11/h5,7-8,11,16H,3-4,6,9-10,15H2,1-2H3. The van der Waals surface area contributed by atoms with Crippen LogP contribution in [0.4, 0.5) is 11.4 Å². The summed E-state index contributed by atoms with van der Waals surface area (Å²) in [7, 11) is -0.495. The second-order valence-electron chi connectivity index (χ2n) is 5.37. The minimum atomic E-state index is -3.51. The van der Waals surface area contributed by atoms with E-state index in [2.05, 4.69) is 5.32 Å². The fourth-order valence-corrected chi connectivity index (χ4v) is 4.58. The molecule has 2 rings (SSSR count). The van der Waals surface area contributed by atoms with E-state index in [1.54, 1.807) is 12.1 Å². The fraction of sp³-hybridized carbons (Fsp3) is 0.571. The highest BCUT2D eigenvalue weighted by molar-refractivity contribution is 8.00. The summed E-state index contributed by atoms with van der Waals surface area (Å²) in [4.78, 5) is 0.161. The molecule has 1 heterocycles. The van der Waals surface area contributed by atoms with Gasteiger partial charge in [0.15, 0.2) is 0 Å². The molecule has 21 heavy (non-hydrogen) atoms. The zero-order valence-electron chi connectivity index (χ0n) is 12.5. The number of nitrogens with zero attached hydrogens (tertiary/aromatic N) is 1. The zero-order chi connectivity index (χ0) is 15.5. The van der Waals surface area contributed by atoms with E-state index in [-0.39, 0.29) is 4.90 Å². The van der Waals surface area contributed by atoms with Crippen molar-refractivity contribution in [1.29, 1.82) is 0 Å². The third kappa shape index (κ3) is 3.84. The van der Waals surface area contributed by atoms with Crippen LogP contribution in [0.2, 0.25) is 0 Å². The first-order chi connectivity index (χ1) is 9.93. The van der Waals surface area contributed by atoms with E-state index < -0.39 is 10.0 Å². The van der Waals surface area contributed by atoms with Crippen molar-refractivity contribution in [1.82, 2.24) is 4.31 Å². The number of nitrogens with two attached hydrogens (primary N) is 1. The lowest BCUT2D eigenvalue weighted by Crippen LogP contribution is -2.24. The van der Waals surface area contributed by atoms with E-state index in [4.69, 9.17) is 5.73 Å². The molecular weight excluding hydrogens is 306 g/mol. The lowest BCUT2D eigenvalue weighted by molar-refractivity contribution is 0.521. The molecule has 0 aliphatic carbocycles. The van der Waals surface area contributed by atoms with Crippen molar-refractivity contribution in [3.63, 3.8) is 0 Å². The number of hydrogen-bond acceptors (Lipinski definition) is 5. The fourth-order valence-electron chi connectivity index (χ4n) is 2.31. The summed E-state index contributed by atoms with van der Waals surface area (Å²) in [5, 5.41) is 3.88. The van der Waals surface area contributed by atoms with Gasteiger partial charge in [-0.05, 0) is 30.7 Å². The molecule has 1 aromatic carbocycles. The van der Waals surface area contributed by atoms with Gasteiger partial charge in [-0.2, -0.15) is 11.8 Å². The van der Waals surface area contributed by atoms with Crippen molar-refractivity contribution in [3.05, 3.63) is 18.2 Å². The molecule has 0 aromatic heterocycles. The van der Waals surface area contributed by atoms with Gasteiger partial charge < -0.3 is 11.1 Å². The highest BCUT2D eigenvalue weighted by atomic mass is 32.2. The third-order valence-electron chi connectivity index (χ3n) is 3.62. The Morgan fingerprint density at radius 1 is 1.38 bits per heavy atom. The summed E-state index contributed by atoms with van der Waals surface area (Å²) < 4.78 is 25.6. The van der Waals surface area contributed by atoms with Crippen LogP contribution in [0, 0.1) is 0 Å². The van der Waals surface area contributed by atoms with E-state index in [1.807, 2.05) is 17.8 Å². The molecule has 1 aromatic rings. The summed E-state index contributed by atoms with van der Waals surface area (Å²) in [5.41, 5.74) is 7.04. The van der Waals surface area contributed by atoms with Crippen molar-refractivity contribution in [2.75, 3.05) is 37.4 Å². The number of thioether (sulfide) groups is 1. The maximum Gasteiger partial charge on any atom is 0.244 e. The Morgan fingerprint density at radius 2 is 2.14 bits per heavy atom. The van der Waals surface area contributed by atoms with Crippen LogP contribution in [-0.2, 0) is 10.0 Å². The van der Waals surface area contributed by atoms with E-state index in [9.17, 15) is 8.42 Å². The van der Waals surface area contributed by atoms with Crippen molar-refractivity contribution >= 4 is 33.2 Å². The van der Waals surface area contributed by atoms with Crippen LogP contribution >= 0.6 is 11.8 Å². The average Bonchev–Trinajstić information content (AvgIpc) is 2.47. The number of nitrogens with one attached hydrogen (secondary N) is 1. The molecule has 0 bridgehead atoms. The van der Waals surface area contributed by atoms with Crippen LogP contribution in [0.5, 0.6) is 0 Å². The first-order valence-electron chi connectivity index (χ1n) is 7.09. The smallest absolute Gasteiger partial charge is 0.244 e. The van der Waals surface area contributed by atoms with E-state index >= 15 is 0 Å². The van der Waals surface area contributed by atoms with Gasteiger partial charge in [0.1, 0.15) is 4.90 Å². The molecule has 0 spiro atoms. The highest BCUT2D eigenvalue weighted by Gasteiger charge is 2.22. The number of para-hydroxylation sites is 1. The summed E-state index contributed by atoms with van der Waals surface area (Å²) >= 11 is 1.97. The van der Waals surface area contributed by atoms with Crippen molar-refractivity contribution in [2.24, 2.45) is 0 Å². The van der Waals surface area contributed by atoms with Crippen LogP contribution in [0.25, 0.3) is 0 Å². The second kappa shape index (κ2) is 6.89. The van der Waals surface area contributed by atoms with Crippen LogP contribution in [0.3, 0.4) is 0 Å². The summed E-state index contributed by atoms with van der Waals surface area (Å²) in [6, 6.07) is 5.10. The van der Waals surface area contributed by atoms with Gasteiger partial charge in [0.25, 0.3) is 0 Å². The Bertz CT molecular complexity index is 582. The predicted octanol–water partition coefficient (Wildman–Crippen LogP) is 2.22. The topological polar surface area (TPSA) is 75.4 Å². The molecule has 3 N–H and O–H groups in total. The Balaban J connectivity index is 2.14. The molecule has 1 aliphatic rings. The first kappa shape index (κ1) is 16.5. The average molecular weight is 329 g/mol. The summed E-state index contributed by atoms with van der Waals surface area (Å²) in [6.45, 7) is 0.820. The van der Waals surface area contributed by atoms with Crippen molar-refractivity contribution in [2.45, 2.75) is 29.4 Å². The van der Waals surface area contributed by atoms with Gasteiger partial charge in [0, 0.05) is 25.9 Å². The first-order valence-corrected chi connectivity index (χ1v) is 9.58. The van der Waals surface area contributed by atoms with E-state index in [0.29, 0.717) is 16.6 Å². The van der Waals surface area contributed by atoms with Crippen LogP contribution in [0.1, 0.15) is 19.3 Å². The number of anilines is 2. The molecule has 1 aliphatic heterocycles. The SMILES string of the molecule is CN(C)S(=O)(=O)c1cccc(NCC2CCCCS2)c1N. The van der Waals surface area contributed by atoms with Crippen molar-refractivity contribution in [3.8, 4) is 0 Å². The number of rotatable bonds is 5. The van der Waals surface area contributed by atoms with E-state index in [0.717, 1.165) is 6.54 Å². The zero-order valence-corrected chi connectivity index (χ0v) is 14.1. The minimum Gasteiger partial charge on any atom is -0.396 e. The van der Waals surface area contributed by atoms with Crippen LogP contribution < -0.4 is 11.1 Å². The maximum absolute atomic E-state index is 12.2. The molecule has 1 atom stereocenters. The second-order valence-corrected chi connectivity index (χ2v) is 8.90. The van der Waals surface area contributed by atoms with Gasteiger partial charge in [-0.3, -0.25) is 0 Å². The van der Waals surface area contributed by atoms with Crippen LogP contribution in [-0.4, -0.2) is 44.4 Å². The Morgan fingerprint density at radius 3 is 2.76 bits per heavy atom. The molecule has 1 fully saturated rings. The summed E-state index contributed by atoms with van der Waals surface area (Å²) in [6.07, 6.45) is 3.76. The molecule has 0 radical (unpaired) electrons. The van der Waals surface area contributed by atoms with Gasteiger partial charge in [0.2, 0.25) is 10.0 Å². The van der Waals surface area contributed by atoms with Gasteiger partial charge in [0.05, 0.1) is 11.4 Å². The number of benzene rings is 1. The molecule has 7 heteroatoms. The minimum absolute atomic E-state index is 0.161. The number of sulfonamides is 1. The van der Waals surface area contributed by atoms with Crippen molar-refractivity contribution < 1.29 is 8.42 Å². The quantitative estimate of drug-likeness (QED) is 0.810. The van der Waals surface area contributed by atoms with Gasteiger partial charge in [-0.25, -0.2) is 12.7 Å². The normalized spacial score (nSPS) is 19.7. The third-order valence-corrected chi connectivity index (χ3v) is 6.89. The molecule has 0 amide bonds. The molecular formula is C14H23N3O2S2. The Kier molecular flexibility index (Phi) is 5.40. The number of hydrogen-bond donors (Lipinski definition) is 2. The lowest BCUT2D eigenvalue weighted by Gasteiger charge is -2.23. The molecule has 1 saturated heterocycles. The molecule has 118 valence electrons. The van der Waals surface area contributed by atoms with Gasteiger partial charge in [-0.1, -0.05) is 12.5 Å². The Hall–Kier alpha value is -0.920. The Labute approximate surface area is 131 Å². The predicted molar refractivity (Wildman–Crippen MR) is 90.3 cm³/mol. The number of nitrogen functional groups attached to an aromatic ring is 1. The largest absolute Gasteiger partial charge is 0.396 e. The monoisotopic (exact) mass is 329 g/mol. The summed E-state index contributed by atoms with van der Waals surface area (Å²) in [5.74, 6) is 1.21. The van der Waals surface area contributed by atoms with Gasteiger partial charge >= 0.3 is 0 Å². The molecule has 0 saturated carbocycles.